The Labute approximate surface area is 120 Å². The van der Waals surface area contributed by atoms with E-state index in [-0.39, 0.29) is 10.1 Å². The second kappa shape index (κ2) is 5.39. The summed E-state index contributed by atoms with van der Waals surface area (Å²) in [5, 5.41) is -0.246. The third-order valence-electron chi connectivity index (χ3n) is 4.30. The summed E-state index contributed by atoms with van der Waals surface area (Å²) in [6.45, 7) is 20.0. The van der Waals surface area contributed by atoms with Gasteiger partial charge in [0.2, 0.25) is 16.6 Å². The van der Waals surface area contributed by atoms with Crippen LogP contribution in [0.2, 0.25) is 36.3 Å². The molecule has 0 amide bonds. The Morgan fingerprint density at radius 3 is 1.16 bits per heavy atom. The van der Waals surface area contributed by atoms with E-state index in [1.807, 2.05) is 67.7 Å². The molecule has 0 radical (unpaired) electrons. The Morgan fingerprint density at radius 1 is 0.789 bits per heavy atom. The van der Waals surface area contributed by atoms with E-state index in [9.17, 15) is 9.46 Å². The van der Waals surface area contributed by atoms with Crippen LogP contribution in [0.25, 0.3) is 0 Å². The normalized spacial score (nSPS) is 15.7. The molecule has 0 heterocycles. The smallest absolute Gasteiger partial charge is 0.330 e. The lowest BCUT2D eigenvalue weighted by atomic mass is 10.2. The third kappa shape index (κ3) is 5.44. The standard InChI is InChI=1S/C12H31O4PSi2/c1-11(2,3)18(7,8)15-17(13,14)16-19(9,10)12(4,5)6/h1-10H3,(H,13,14). The number of rotatable bonds is 4. The van der Waals surface area contributed by atoms with Gasteiger partial charge in [0, 0.05) is 0 Å². The molecule has 0 aromatic heterocycles. The summed E-state index contributed by atoms with van der Waals surface area (Å²) in [5.41, 5.74) is 0. The van der Waals surface area contributed by atoms with Crippen molar-refractivity contribution >= 4 is 24.5 Å². The van der Waals surface area contributed by atoms with E-state index in [2.05, 4.69) is 0 Å². The quantitative estimate of drug-likeness (QED) is 0.574. The molecule has 0 fully saturated rings. The van der Waals surface area contributed by atoms with E-state index < -0.39 is 24.5 Å². The van der Waals surface area contributed by atoms with Crippen LogP contribution in [-0.2, 0) is 13.0 Å². The lowest BCUT2D eigenvalue weighted by Crippen LogP contribution is -2.43. The highest BCUT2D eigenvalue weighted by Crippen LogP contribution is 2.56. The maximum atomic E-state index is 12.3. The molecule has 0 saturated heterocycles. The minimum absolute atomic E-state index is 0.123. The van der Waals surface area contributed by atoms with Crippen LogP contribution in [0, 0.1) is 0 Å². The Hall–Kier alpha value is 0.544. The van der Waals surface area contributed by atoms with Crippen LogP contribution in [-0.4, -0.2) is 21.5 Å². The lowest BCUT2D eigenvalue weighted by Gasteiger charge is -2.41. The molecule has 1 N–H and O–H groups in total. The van der Waals surface area contributed by atoms with Crippen LogP contribution < -0.4 is 0 Å². The second-order valence-corrected chi connectivity index (χ2v) is 19.6. The van der Waals surface area contributed by atoms with Gasteiger partial charge in [-0.2, -0.15) is 0 Å². The topological polar surface area (TPSA) is 55.8 Å². The second-order valence-electron chi connectivity index (χ2n) is 8.17. The van der Waals surface area contributed by atoms with Gasteiger partial charge in [-0.15, -0.1) is 0 Å². The van der Waals surface area contributed by atoms with E-state index in [1.54, 1.807) is 0 Å². The summed E-state index contributed by atoms with van der Waals surface area (Å²) >= 11 is 0. The van der Waals surface area contributed by atoms with Crippen molar-refractivity contribution in [3.63, 3.8) is 0 Å². The predicted octanol–water partition coefficient (Wildman–Crippen LogP) is 5.13. The van der Waals surface area contributed by atoms with Crippen molar-refractivity contribution in [3.05, 3.63) is 0 Å². The highest BCUT2D eigenvalue weighted by atomic mass is 31.2. The first-order chi connectivity index (χ1) is 7.91. The Balaban J connectivity index is 5.10. The van der Waals surface area contributed by atoms with Gasteiger partial charge in [-0.3, -0.25) is 0 Å². The van der Waals surface area contributed by atoms with Gasteiger partial charge >= 0.3 is 7.82 Å². The minimum Gasteiger partial charge on any atom is -0.330 e. The van der Waals surface area contributed by atoms with Crippen molar-refractivity contribution in [3.8, 4) is 0 Å². The molecular weight excluding hydrogens is 295 g/mol. The van der Waals surface area contributed by atoms with Crippen molar-refractivity contribution in [1.29, 1.82) is 0 Å². The van der Waals surface area contributed by atoms with Crippen LogP contribution in [0.5, 0.6) is 0 Å². The van der Waals surface area contributed by atoms with Gasteiger partial charge < -0.3 is 13.3 Å². The molecule has 0 aliphatic heterocycles. The van der Waals surface area contributed by atoms with Gasteiger partial charge in [0.25, 0.3) is 0 Å². The molecule has 4 nitrogen and oxygen atoms in total. The molecule has 0 aromatic carbocycles. The molecule has 0 rings (SSSR count). The molecule has 0 saturated carbocycles. The fourth-order valence-corrected chi connectivity index (χ4v) is 8.16. The Bertz CT molecular complexity index is 335. The summed E-state index contributed by atoms with van der Waals surface area (Å²) in [5.74, 6) is 0. The van der Waals surface area contributed by atoms with Crippen molar-refractivity contribution in [2.24, 2.45) is 0 Å². The molecule has 116 valence electrons. The van der Waals surface area contributed by atoms with Crippen LogP contribution in [0.4, 0.5) is 0 Å². The number of hydrogen-bond donors (Lipinski definition) is 1. The summed E-state index contributed by atoms with van der Waals surface area (Å²) in [7, 11) is -8.64. The van der Waals surface area contributed by atoms with Crippen molar-refractivity contribution in [2.75, 3.05) is 0 Å². The number of phosphoric acid groups is 1. The first-order valence-corrected chi connectivity index (χ1v) is 14.0. The first-order valence-electron chi connectivity index (χ1n) is 6.66. The maximum Gasteiger partial charge on any atom is 0.452 e. The van der Waals surface area contributed by atoms with E-state index in [0.29, 0.717) is 0 Å². The molecule has 19 heavy (non-hydrogen) atoms. The predicted molar refractivity (Wildman–Crippen MR) is 86.4 cm³/mol. The van der Waals surface area contributed by atoms with Gasteiger partial charge in [0.05, 0.1) is 0 Å². The summed E-state index contributed by atoms with van der Waals surface area (Å²) in [6.07, 6.45) is 0. The Morgan fingerprint density at radius 2 is 1.00 bits per heavy atom. The molecule has 7 heteroatoms. The summed E-state index contributed by atoms with van der Waals surface area (Å²) in [6, 6.07) is 0. The maximum absolute atomic E-state index is 12.3. The van der Waals surface area contributed by atoms with Crippen molar-refractivity contribution < 1.29 is 17.9 Å². The van der Waals surface area contributed by atoms with Gasteiger partial charge in [-0.1, -0.05) is 41.5 Å². The van der Waals surface area contributed by atoms with Crippen LogP contribution in [0.15, 0.2) is 0 Å². The molecule has 0 bridgehead atoms. The van der Waals surface area contributed by atoms with Gasteiger partial charge in [0.15, 0.2) is 0 Å². The monoisotopic (exact) mass is 326 g/mol. The van der Waals surface area contributed by atoms with E-state index in [1.165, 1.54) is 0 Å². The summed E-state index contributed by atoms with van der Waals surface area (Å²) < 4.78 is 23.5. The highest BCUT2D eigenvalue weighted by Gasteiger charge is 2.48. The average molecular weight is 327 g/mol. The average Bonchev–Trinajstić information content (AvgIpc) is 1.93. The summed E-state index contributed by atoms with van der Waals surface area (Å²) in [4.78, 5) is 10.1. The molecular formula is C12H31O4PSi2. The highest BCUT2D eigenvalue weighted by molar-refractivity contribution is 7.51. The molecule has 0 atom stereocenters. The molecule has 0 aliphatic carbocycles. The van der Waals surface area contributed by atoms with Gasteiger partial charge in [0.1, 0.15) is 0 Å². The van der Waals surface area contributed by atoms with Crippen LogP contribution in [0.3, 0.4) is 0 Å². The van der Waals surface area contributed by atoms with Crippen LogP contribution >= 0.6 is 7.82 Å². The minimum atomic E-state index is -4.01. The van der Waals surface area contributed by atoms with Crippen molar-refractivity contribution in [2.45, 2.75) is 77.8 Å². The largest absolute Gasteiger partial charge is 0.452 e. The zero-order chi connectivity index (χ0) is 15.9. The van der Waals surface area contributed by atoms with E-state index >= 15 is 0 Å². The van der Waals surface area contributed by atoms with Gasteiger partial charge in [-0.05, 0) is 36.3 Å². The molecule has 0 aliphatic rings. The molecule has 0 unspecified atom stereocenters. The van der Waals surface area contributed by atoms with Crippen molar-refractivity contribution in [1.82, 2.24) is 0 Å². The lowest BCUT2D eigenvalue weighted by molar-refractivity contribution is 0.272. The fraction of sp³-hybridized carbons (Fsp3) is 1.00. The number of hydrogen-bond acceptors (Lipinski definition) is 3. The Kier molecular flexibility index (Phi) is 5.54. The molecule has 0 spiro atoms. The third-order valence-corrected chi connectivity index (χ3v) is 17.0. The SMILES string of the molecule is CC(C)(C)[Si](C)(C)OP(=O)(O)O[Si](C)(C)C(C)(C)C. The zero-order valence-corrected chi connectivity index (χ0v) is 17.0. The van der Waals surface area contributed by atoms with Crippen LogP contribution in [0.1, 0.15) is 41.5 Å². The van der Waals surface area contributed by atoms with Gasteiger partial charge in [-0.25, -0.2) is 4.57 Å². The first kappa shape index (κ1) is 19.5. The molecule has 0 aromatic rings. The fourth-order valence-electron chi connectivity index (χ4n) is 0.869. The zero-order valence-electron chi connectivity index (χ0n) is 14.1. The van der Waals surface area contributed by atoms with E-state index in [0.717, 1.165) is 0 Å². The van der Waals surface area contributed by atoms with E-state index in [4.69, 9.17) is 8.43 Å².